The van der Waals surface area contributed by atoms with Crippen molar-refractivity contribution in [3.05, 3.63) is 57.6 Å². The Morgan fingerprint density at radius 2 is 1.78 bits per heavy atom. The molecule has 0 heterocycles. The van der Waals surface area contributed by atoms with Gasteiger partial charge in [-0.2, -0.15) is 0 Å². The van der Waals surface area contributed by atoms with Gasteiger partial charge in [0, 0.05) is 5.56 Å². The maximum atomic E-state index is 12.4. The zero-order valence-electron chi connectivity index (χ0n) is 13.6. The SMILES string of the molecule is COc1cc(C(=O)N[C@H](C)c2ccc(OC)c(Br)c2)ccc1C. The molecule has 0 aromatic heterocycles. The van der Waals surface area contributed by atoms with Crippen molar-refractivity contribution in [2.24, 2.45) is 0 Å². The Kier molecular flexibility index (Phi) is 5.66. The Morgan fingerprint density at radius 1 is 1.09 bits per heavy atom. The highest BCUT2D eigenvalue weighted by atomic mass is 79.9. The van der Waals surface area contributed by atoms with Gasteiger partial charge in [-0.15, -0.1) is 0 Å². The van der Waals surface area contributed by atoms with E-state index in [1.54, 1.807) is 26.4 Å². The van der Waals surface area contributed by atoms with Crippen LogP contribution in [-0.2, 0) is 0 Å². The summed E-state index contributed by atoms with van der Waals surface area (Å²) in [5.74, 6) is 1.33. The van der Waals surface area contributed by atoms with E-state index in [4.69, 9.17) is 9.47 Å². The summed E-state index contributed by atoms with van der Waals surface area (Å²) in [7, 11) is 3.22. The van der Waals surface area contributed by atoms with Gasteiger partial charge in [0.2, 0.25) is 0 Å². The van der Waals surface area contributed by atoms with E-state index in [-0.39, 0.29) is 11.9 Å². The Bertz CT molecular complexity index is 715. The summed E-state index contributed by atoms with van der Waals surface area (Å²) >= 11 is 3.46. The van der Waals surface area contributed by atoms with Gasteiger partial charge < -0.3 is 14.8 Å². The number of carbonyl (C=O) groups is 1. The molecule has 4 nitrogen and oxygen atoms in total. The van der Waals surface area contributed by atoms with Crippen LogP contribution in [0.5, 0.6) is 11.5 Å². The number of amides is 1. The van der Waals surface area contributed by atoms with E-state index in [9.17, 15) is 4.79 Å². The van der Waals surface area contributed by atoms with Crippen molar-refractivity contribution < 1.29 is 14.3 Å². The lowest BCUT2D eigenvalue weighted by molar-refractivity contribution is 0.0939. The van der Waals surface area contributed by atoms with Crippen LogP contribution in [0.4, 0.5) is 0 Å². The normalized spacial score (nSPS) is 11.7. The predicted molar refractivity (Wildman–Crippen MR) is 94.3 cm³/mol. The van der Waals surface area contributed by atoms with E-state index in [1.165, 1.54) is 0 Å². The summed E-state index contributed by atoms with van der Waals surface area (Å²) < 4.78 is 11.3. The van der Waals surface area contributed by atoms with Crippen molar-refractivity contribution in [3.8, 4) is 11.5 Å². The molecule has 0 aliphatic rings. The van der Waals surface area contributed by atoms with Gasteiger partial charge in [-0.3, -0.25) is 4.79 Å². The van der Waals surface area contributed by atoms with Crippen molar-refractivity contribution in [1.82, 2.24) is 5.32 Å². The third-order valence-corrected chi connectivity index (χ3v) is 4.31. The van der Waals surface area contributed by atoms with Gasteiger partial charge in [0.1, 0.15) is 11.5 Å². The van der Waals surface area contributed by atoms with Gasteiger partial charge in [0.25, 0.3) is 5.91 Å². The van der Waals surface area contributed by atoms with Crippen molar-refractivity contribution >= 4 is 21.8 Å². The first kappa shape index (κ1) is 17.3. The number of hydrogen-bond donors (Lipinski definition) is 1. The maximum Gasteiger partial charge on any atom is 0.251 e. The minimum Gasteiger partial charge on any atom is -0.496 e. The Hall–Kier alpha value is -2.01. The van der Waals surface area contributed by atoms with E-state index in [2.05, 4.69) is 21.2 Å². The number of methoxy groups -OCH3 is 2. The van der Waals surface area contributed by atoms with Crippen LogP contribution in [0.25, 0.3) is 0 Å². The topological polar surface area (TPSA) is 47.6 Å². The van der Waals surface area contributed by atoms with Crippen LogP contribution in [0.2, 0.25) is 0 Å². The molecule has 2 aromatic rings. The number of rotatable bonds is 5. The van der Waals surface area contributed by atoms with Crippen molar-refractivity contribution in [1.29, 1.82) is 0 Å². The lowest BCUT2D eigenvalue weighted by Crippen LogP contribution is -2.26. The molecule has 23 heavy (non-hydrogen) atoms. The van der Waals surface area contributed by atoms with Gasteiger partial charge in [0.05, 0.1) is 24.7 Å². The number of carbonyl (C=O) groups excluding carboxylic acids is 1. The number of benzene rings is 2. The molecule has 2 rings (SSSR count). The first-order valence-corrected chi connectivity index (χ1v) is 8.04. The van der Waals surface area contributed by atoms with E-state index in [0.29, 0.717) is 11.3 Å². The summed E-state index contributed by atoms with van der Waals surface area (Å²) in [6.07, 6.45) is 0. The number of ether oxygens (including phenoxy) is 2. The Labute approximate surface area is 144 Å². The van der Waals surface area contributed by atoms with Gasteiger partial charge >= 0.3 is 0 Å². The largest absolute Gasteiger partial charge is 0.496 e. The predicted octanol–water partition coefficient (Wildman–Crippen LogP) is 4.27. The van der Waals surface area contributed by atoms with Crippen LogP contribution in [0.1, 0.15) is 34.5 Å². The third kappa shape index (κ3) is 4.05. The standard InChI is InChI=1S/C18H20BrNO3/c1-11-5-6-14(10-17(11)23-4)18(21)20-12(2)13-7-8-16(22-3)15(19)9-13/h5-10,12H,1-4H3,(H,20,21)/t12-/m1/s1. The molecule has 1 N–H and O–H groups in total. The molecule has 0 radical (unpaired) electrons. The smallest absolute Gasteiger partial charge is 0.251 e. The first-order chi connectivity index (χ1) is 11.0. The molecule has 1 amide bonds. The lowest BCUT2D eigenvalue weighted by atomic mass is 10.1. The molecule has 0 saturated carbocycles. The van der Waals surface area contributed by atoms with Gasteiger partial charge in [-0.25, -0.2) is 0 Å². The number of halogens is 1. The second kappa shape index (κ2) is 7.51. The molecule has 0 aliphatic heterocycles. The van der Waals surface area contributed by atoms with Crippen LogP contribution in [0, 0.1) is 6.92 Å². The Morgan fingerprint density at radius 3 is 2.39 bits per heavy atom. The molecule has 0 bridgehead atoms. The van der Waals surface area contributed by atoms with Crippen LogP contribution in [0.15, 0.2) is 40.9 Å². The van der Waals surface area contributed by atoms with Gasteiger partial charge in [-0.05, 0) is 65.2 Å². The molecule has 0 fully saturated rings. The fourth-order valence-electron chi connectivity index (χ4n) is 2.28. The van der Waals surface area contributed by atoms with Crippen LogP contribution >= 0.6 is 15.9 Å². The molecule has 2 aromatic carbocycles. The molecule has 122 valence electrons. The second-order valence-electron chi connectivity index (χ2n) is 5.27. The maximum absolute atomic E-state index is 12.4. The van der Waals surface area contributed by atoms with Gasteiger partial charge in [-0.1, -0.05) is 12.1 Å². The average molecular weight is 378 g/mol. The monoisotopic (exact) mass is 377 g/mol. The molecule has 1 atom stereocenters. The van der Waals surface area contributed by atoms with E-state index >= 15 is 0 Å². The minimum atomic E-state index is -0.136. The first-order valence-electron chi connectivity index (χ1n) is 7.25. The fourth-order valence-corrected chi connectivity index (χ4v) is 2.83. The molecular weight excluding hydrogens is 358 g/mol. The van der Waals surface area contributed by atoms with Crippen molar-refractivity contribution in [2.75, 3.05) is 14.2 Å². The summed E-state index contributed by atoms with van der Waals surface area (Å²) in [6.45, 7) is 3.88. The zero-order valence-corrected chi connectivity index (χ0v) is 15.2. The number of hydrogen-bond acceptors (Lipinski definition) is 3. The van der Waals surface area contributed by atoms with Crippen LogP contribution in [0.3, 0.4) is 0 Å². The Balaban J connectivity index is 2.14. The lowest BCUT2D eigenvalue weighted by Gasteiger charge is -2.16. The summed E-state index contributed by atoms with van der Waals surface area (Å²) in [5, 5.41) is 2.99. The molecule has 5 heteroatoms. The van der Waals surface area contributed by atoms with E-state index < -0.39 is 0 Å². The molecular formula is C18H20BrNO3. The quantitative estimate of drug-likeness (QED) is 0.846. The molecule has 0 unspecified atom stereocenters. The van der Waals surface area contributed by atoms with Gasteiger partial charge in [0.15, 0.2) is 0 Å². The van der Waals surface area contributed by atoms with Crippen molar-refractivity contribution in [3.63, 3.8) is 0 Å². The number of aryl methyl sites for hydroxylation is 1. The second-order valence-corrected chi connectivity index (χ2v) is 6.13. The highest BCUT2D eigenvalue weighted by Gasteiger charge is 2.14. The highest BCUT2D eigenvalue weighted by molar-refractivity contribution is 9.10. The summed E-state index contributed by atoms with van der Waals surface area (Å²) in [5.41, 5.74) is 2.56. The summed E-state index contributed by atoms with van der Waals surface area (Å²) in [6, 6.07) is 11.0. The molecule has 0 spiro atoms. The van der Waals surface area contributed by atoms with E-state index in [1.807, 2.05) is 38.1 Å². The molecule has 0 aliphatic carbocycles. The zero-order chi connectivity index (χ0) is 17.0. The number of nitrogens with one attached hydrogen (secondary N) is 1. The fraction of sp³-hybridized carbons (Fsp3) is 0.278. The minimum absolute atomic E-state index is 0.128. The molecule has 0 saturated heterocycles. The third-order valence-electron chi connectivity index (χ3n) is 3.69. The van der Waals surface area contributed by atoms with E-state index in [0.717, 1.165) is 21.3 Å². The average Bonchev–Trinajstić information content (AvgIpc) is 2.54. The van der Waals surface area contributed by atoms with Crippen molar-refractivity contribution in [2.45, 2.75) is 19.9 Å². The van der Waals surface area contributed by atoms with Crippen LogP contribution < -0.4 is 14.8 Å². The summed E-state index contributed by atoms with van der Waals surface area (Å²) in [4.78, 5) is 12.4. The highest BCUT2D eigenvalue weighted by Crippen LogP contribution is 2.28. The van der Waals surface area contributed by atoms with Crippen LogP contribution in [-0.4, -0.2) is 20.1 Å².